The zero-order valence-electron chi connectivity index (χ0n) is 10.4. The summed E-state index contributed by atoms with van der Waals surface area (Å²) in [6, 6.07) is -0.693. The average molecular weight is 241 g/mol. The van der Waals surface area contributed by atoms with Gasteiger partial charge >= 0.3 is 12.0 Å². The van der Waals surface area contributed by atoms with Crippen molar-refractivity contribution in [1.29, 1.82) is 0 Å². The smallest absolute Gasteiger partial charge is 0.332 e. The molecule has 6 heteroatoms. The molecule has 1 fully saturated rings. The number of nitrogens with zero attached hydrogens (tertiary/aromatic N) is 1. The summed E-state index contributed by atoms with van der Waals surface area (Å²) >= 11 is 0. The van der Waals surface area contributed by atoms with Crippen LogP contribution in [0.4, 0.5) is 4.79 Å². The number of carbonyl (C=O) groups is 2. The van der Waals surface area contributed by atoms with Crippen LogP contribution in [0.5, 0.6) is 0 Å². The fourth-order valence-electron chi connectivity index (χ4n) is 2.37. The number of carbonyl (C=O) groups excluding carboxylic acids is 1. The first-order valence-electron chi connectivity index (χ1n) is 5.55. The predicted octanol–water partition coefficient (Wildman–Crippen LogP) is 1.17. The monoisotopic (exact) mass is 241 g/mol. The van der Waals surface area contributed by atoms with Gasteiger partial charge in [-0.25, -0.2) is 10.2 Å². The lowest BCUT2D eigenvalue weighted by Gasteiger charge is -2.02. The van der Waals surface area contributed by atoms with Crippen LogP contribution >= 0.6 is 0 Å². The van der Waals surface area contributed by atoms with E-state index in [0.717, 1.165) is 5.71 Å². The molecule has 0 aromatic heterocycles. The van der Waals surface area contributed by atoms with E-state index < -0.39 is 12.0 Å². The minimum absolute atomic E-state index is 0.0297. The topological polar surface area (TPSA) is 105 Å². The minimum atomic E-state index is -0.768. The molecule has 2 amide bonds. The van der Waals surface area contributed by atoms with E-state index in [1.165, 1.54) is 0 Å². The number of nitrogens with one attached hydrogen (secondary N) is 1. The van der Waals surface area contributed by atoms with Crippen molar-refractivity contribution in [2.24, 2.45) is 28.1 Å². The largest absolute Gasteiger partial charge is 0.481 e. The van der Waals surface area contributed by atoms with Crippen molar-refractivity contribution in [1.82, 2.24) is 5.43 Å². The third-order valence-corrected chi connectivity index (χ3v) is 3.55. The van der Waals surface area contributed by atoms with Crippen molar-refractivity contribution in [3.63, 3.8) is 0 Å². The van der Waals surface area contributed by atoms with Crippen molar-refractivity contribution in [2.45, 2.75) is 33.6 Å². The molecule has 0 bridgehead atoms. The van der Waals surface area contributed by atoms with Crippen LogP contribution in [0.15, 0.2) is 5.10 Å². The Morgan fingerprint density at radius 1 is 1.35 bits per heavy atom. The standard InChI is InChI=1S/C11H19N3O3/c1-6(13-14-10(12)17)4-7-8(5-9(15)16)11(7,2)3/h7-8H,4-5H2,1-3H3,(H,15,16)(H3,12,14,17)/b13-6-. The fraction of sp³-hybridized carbons (Fsp3) is 0.727. The van der Waals surface area contributed by atoms with Gasteiger partial charge < -0.3 is 10.8 Å². The Hall–Kier alpha value is -1.59. The van der Waals surface area contributed by atoms with E-state index in [0.29, 0.717) is 12.3 Å². The Balaban J connectivity index is 2.50. The summed E-state index contributed by atoms with van der Waals surface area (Å²) in [5.74, 6) is -0.286. The average Bonchev–Trinajstić information content (AvgIpc) is 2.65. The number of hydrogen-bond acceptors (Lipinski definition) is 3. The molecular formula is C11H19N3O3. The number of amides is 2. The van der Waals surface area contributed by atoms with Crippen LogP contribution in [-0.2, 0) is 4.79 Å². The van der Waals surface area contributed by atoms with Crippen molar-refractivity contribution < 1.29 is 14.7 Å². The first-order chi connectivity index (χ1) is 7.75. The summed E-state index contributed by atoms with van der Waals surface area (Å²) in [5.41, 5.74) is 7.86. The summed E-state index contributed by atoms with van der Waals surface area (Å²) in [7, 11) is 0. The van der Waals surface area contributed by atoms with E-state index in [2.05, 4.69) is 24.4 Å². The summed E-state index contributed by atoms with van der Waals surface area (Å²) in [6.07, 6.45) is 0.874. The van der Waals surface area contributed by atoms with E-state index in [1.54, 1.807) is 6.92 Å². The van der Waals surface area contributed by atoms with Gasteiger partial charge in [0.15, 0.2) is 0 Å². The number of urea groups is 1. The molecule has 1 aliphatic carbocycles. The highest BCUT2D eigenvalue weighted by Gasteiger charge is 2.57. The van der Waals surface area contributed by atoms with E-state index in [9.17, 15) is 9.59 Å². The second-order valence-corrected chi connectivity index (χ2v) is 5.16. The van der Waals surface area contributed by atoms with Crippen LogP contribution in [0, 0.1) is 17.3 Å². The first kappa shape index (κ1) is 13.5. The number of rotatable bonds is 5. The molecule has 96 valence electrons. The Bertz CT molecular complexity index is 363. The number of carboxylic acid groups (broad SMARTS) is 1. The van der Waals surface area contributed by atoms with Gasteiger partial charge in [0.2, 0.25) is 0 Å². The zero-order valence-corrected chi connectivity index (χ0v) is 10.4. The Morgan fingerprint density at radius 2 is 1.88 bits per heavy atom. The zero-order chi connectivity index (χ0) is 13.2. The van der Waals surface area contributed by atoms with Gasteiger partial charge in [0.1, 0.15) is 0 Å². The lowest BCUT2D eigenvalue weighted by Crippen LogP contribution is -2.25. The molecule has 0 aromatic rings. The summed E-state index contributed by atoms with van der Waals surface area (Å²) in [4.78, 5) is 21.1. The molecular weight excluding hydrogens is 222 g/mol. The Kier molecular flexibility index (Phi) is 3.75. The summed E-state index contributed by atoms with van der Waals surface area (Å²) in [6.45, 7) is 5.91. The van der Waals surface area contributed by atoms with Gasteiger partial charge in [0, 0.05) is 12.1 Å². The van der Waals surface area contributed by atoms with Gasteiger partial charge in [-0.15, -0.1) is 0 Å². The Labute approximate surface area is 100 Å². The number of nitrogens with two attached hydrogens (primary N) is 1. The molecule has 6 nitrogen and oxygen atoms in total. The maximum Gasteiger partial charge on any atom is 0.332 e. The highest BCUT2D eigenvalue weighted by molar-refractivity contribution is 5.84. The third-order valence-electron chi connectivity index (χ3n) is 3.55. The van der Waals surface area contributed by atoms with E-state index >= 15 is 0 Å². The van der Waals surface area contributed by atoms with Gasteiger partial charge in [-0.05, 0) is 30.6 Å². The van der Waals surface area contributed by atoms with Crippen LogP contribution in [0.2, 0.25) is 0 Å². The van der Waals surface area contributed by atoms with Crippen LogP contribution in [0.1, 0.15) is 33.6 Å². The molecule has 17 heavy (non-hydrogen) atoms. The fourth-order valence-corrected chi connectivity index (χ4v) is 2.37. The van der Waals surface area contributed by atoms with Crippen LogP contribution in [0.3, 0.4) is 0 Å². The maximum absolute atomic E-state index is 10.7. The van der Waals surface area contributed by atoms with Gasteiger partial charge in [-0.2, -0.15) is 5.10 Å². The lowest BCUT2D eigenvalue weighted by molar-refractivity contribution is -0.137. The van der Waals surface area contributed by atoms with Crippen molar-refractivity contribution >= 4 is 17.7 Å². The number of primary amides is 1. The first-order valence-corrected chi connectivity index (χ1v) is 5.55. The molecule has 1 saturated carbocycles. The second-order valence-electron chi connectivity index (χ2n) is 5.16. The molecule has 0 aromatic carbocycles. The van der Waals surface area contributed by atoms with E-state index in [1.807, 2.05) is 0 Å². The highest BCUT2D eigenvalue weighted by atomic mass is 16.4. The Morgan fingerprint density at radius 3 is 2.35 bits per heavy atom. The lowest BCUT2D eigenvalue weighted by atomic mass is 10.1. The maximum atomic E-state index is 10.7. The van der Waals surface area contributed by atoms with Crippen LogP contribution < -0.4 is 11.2 Å². The van der Waals surface area contributed by atoms with Gasteiger partial charge in [0.25, 0.3) is 0 Å². The molecule has 1 rings (SSSR count). The number of aliphatic carboxylic acids is 1. The summed E-state index contributed by atoms with van der Waals surface area (Å²) in [5, 5.41) is 12.6. The molecule has 2 atom stereocenters. The van der Waals surface area contributed by atoms with Crippen molar-refractivity contribution in [3.8, 4) is 0 Å². The molecule has 0 heterocycles. The molecule has 0 radical (unpaired) electrons. The molecule has 0 aliphatic heterocycles. The molecule has 1 aliphatic rings. The second kappa shape index (κ2) is 4.73. The van der Waals surface area contributed by atoms with Gasteiger partial charge in [-0.1, -0.05) is 13.8 Å². The quantitative estimate of drug-likeness (QED) is 0.497. The van der Waals surface area contributed by atoms with Crippen LogP contribution in [0.25, 0.3) is 0 Å². The van der Waals surface area contributed by atoms with E-state index in [-0.39, 0.29) is 17.8 Å². The number of carboxylic acids is 1. The number of hydrogen-bond donors (Lipinski definition) is 3. The molecule has 2 unspecified atom stereocenters. The third kappa shape index (κ3) is 3.44. The molecule has 0 saturated heterocycles. The van der Waals surface area contributed by atoms with Gasteiger partial charge in [-0.3, -0.25) is 4.79 Å². The van der Waals surface area contributed by atoms with E-state index in [4.69, 9.17) is 10.8 Å². The SMILES string of the molecule is C/C(CC1C(CC(=O)O)C1(C)C)=N/NC(N)=O. The molecule has 0 spiro atoms. The number of hydrazone groups is 1. The normalized spacial score (nSPS) is 26.4. The van der Waals surface area contributed by atoms with Crippen LogP contribution in [-0.4, -0.2) is 22.8 Å². The van der Waals surface area contributed by atoms with Crippen molar-refractivity contribution in [2.75, 3.05) is 0 Å². The highest BCUT2D eigenvalue weighted by Crippen LogP contribution is 2.61. The minimum Gasteiger partial charge on any atom is -0.481 e. The van der Waals surface area contributed by atoms with Crippen molar-refractivity contribution in [3.05, 3.63) is 0 Å². The molecule has 4 N–H and O–H groups in total. The predicted molar refractivity (Wildman–Crippen MR) is 63.5 cm³/mol. The summed E-state index contributed by atoms with van der Waals surface area (Å²) < 4.78 is 0. The van der Waals surface area contributed by atoms with Gasteiger partial charge in [0.05, 0.1) is 0 Å².